The molecule has 0 saturated heterocycles. The van der Waals surface area contributed by atoms with Crippen LogP contribution in [0.1, 0.15) is 25.5 Å². The maximum atomic E-state index is 10.6. The number of methoxy groups -OCH3 is 1. The van der Waals surface area contributed by atoms with Crippen LogP contribution in [0.15, 0.2) is 12.1 Å². The van der Waals surface area contributed by atoms with Crippen molar-refractivity contribution in [1.82, 2.24) is 0 Å². The van der Waals surface area contributed by atoms with Gasteiger partial charge in [0.15, 0.2) is 0 Å². The molecular formula is C13H16O6. The average Bonchev–Trinajstić information content (AvgIpc) is 2.56. The van der Waals surface area contributed by atoms with Gasteiger partial charge in [0.1, 0.15) is 35.6 Å². The molecule has 104 valence electrons. The van der Waals surface area contributed by atoms with Gasteiger partial charge in [-0.25, -0.2) is 4.79 Å². The molecule has 1 aliphatic rings. The van der Waals surface area contributed by atoms with Crippen molar-refractivity contribution in [2.75, 3.05) is 13.7 Å². The van der Waals surface area contributed by atoms with Crippen LogP contribution in [0.4, 0.5) is 0 Å². The van der Waals surface area contributed by atoms with Crippen molar-refractivity contribution in [2.45, 2.75) is 25.6 Å². The van der Waals surface area contributed by atoms with E-state index >= 15 is 0 Å². The second-order valence-electron chi connectivity index (χ2n) is 4.85. The zero-order valence-corrected chi connectivity index (χ0v) is 11.0. The number of phenolic OH excluding ortho intramolecular Hbond substituents is 1. The van der Waals surface area contributed by atoms with Crippen LogP contribution in [-0.4, -0.2) is 35.5 Å². The molecular weight excluding hydrogens is 252 g/mol. The summed E-state index contributed by atoms with van der Waals surface area (Å²) in [6.45, 7) is 3.08. The number of carboxylic acid groups (broad SMARTS) is 1. The third-order valence-electron chi connectivity index (χ3n) is 2.97. The molecule has 0 aliphatic carbocycles. The average molecular weight is 268 g/mol. The summed E-state index contributed by atoms with van der Waals surface area (Å²) in [6.07, 6.45) is -0.649. The van der Waals surface area contributed by atoms with Gasteiger partial charge in [0.05, 0.1) is 12.7 Å². The first-order valence-electron chi connectivity index (χ1n) is 5.78. The lowest BCUT2D eigenvalue weighted by Crippen LogP contribution is -2.33. The molecule has 0 aromatic heterocycles. The van der Waals surface area contributed by atoms with Gasteiger partial charge in [0, 0.05) is 12.1 Å². The molecule has 0 fully saturated rings. The number of aliphatic carboxylic acids is 1. The first kappa shape index (κ1) is 13.5. The minimum atomic E-state index is -1.07. The quantitative estimate of drug-likeness (QED) is 0.864. The summed E-state index contributed by atoms with van der Waals surface area (Å²) < 4.78 is 16.1. The second kappa shape index (κ2) is 4.62. The van der Waals surface area contributed by atoms with Crippen molar-refractivity contribution in [3.8, 4) is 17.2 Å². The summed E-state index contributed by atoms with van der Waals surface area (Å²) >= 11 is 0. The highest BCUT2D eigenvalue weighted by atomic mass is 16.6. The van der Waals surface area contributed by atoms with E-state index in [0.29, 0.717) is 17.1 Å². The molecule has 2 rings (SSSR count). The number of phenols is 1. The molecule has 6 nitrogen and oxygen atoms in total. The van der Waals surface area contributed by atoms with Crippen molar-refractivity contribution >= 4 is 5.97 Å². The predicted octanol–water partition coefficient (Wildman–Crippen LogP) is 1.71. The fraction of sp³-hybridized carbons (Fsp3) is 0.462. The second-order valence-corrected chi connectivity index (χ2v) is 4.85. The highest BCUT2D eigenvalue weighted by Gasteiger charge is 2.44. The Hall–Kier alpha value is -1.95. The molecule has 1 atom stereocenters. The van der Waals surface area contributed by atoms with Crippen molar-refractivity contribution in [1.29, 1.82) is 0 Å². The summed E-state index contributed by atoms with van der Waals surface area (Å²) in [5.74, 6) is -0.198. The molecule has 1 unspecified atom stereocenters. The molecule has 1 aliphatic heterocycles. The first-order chi connectivity index (χ1) is 8.85. The molecule has 0 amide bonds. The van der Waals surface area contributed by atoms with Gasteiger partial charge in [-0.15, -0.1) is 0 Å². The smallest absolute Gasteiger partial charge is 0.329 e. The van der Waals surface area contributed by atoms with Crippen LogP contribution in [0, 0.1) is 0 Å². The van der Waals surface area contributed by atoms with Gasteiger partial charge in [-0.05, 0) is 13.8 Å². The number of hydrogen-bond acceptors (Lipinski definition) is 5. The van der Waals surface area contributed by atoms with Gasteiger partial charge in [0.2, 0.25) is 0 Å². The lowest BCUT2D eigenvalue weighted by Gasteiger charge is -2.25. The van der Waals surface area contributed by atoms with E-state index in [0.717, 1.165) is 0 Å². The fourth-order valence-electron chi connectivity index (χ4n) is 2.18. The number of benzene rings is 1. The number of hydrogen-bond donors (Lipinski definition) is 2. The van der Waals surface area contributed by atoms with E-state index in [4.69, 9.17) is 19.3 Å². The van der Waals surface area contributed by atoms with E-state index in [1.165, 1.54) is 13.2 Å². The van der Waals surface area contributed by atoms with Crippen LogP contribution in [0.2, 0.25) is 0 Å². The van der Waals surface area contributed by atoms with E-state index < -0.39 is 24.3 Å². The fourth-order valence-corrected chi connectivity index (χ4v) is 2.18. The monoisotopic (exact) mass is 268 g/mol. The van der Waals surface area contributed by atoms with Crippen LogP contribution >= 0.6 is 0 Å². The Morgan fingerprint density at radius 1 is 1.47 bits per heavy atom. The molecule has 6 heteroatoms. The van der Waals surface area contributed by atoms with Gasteiger partial charge in [-0.2, -0.15) is 0 Å². The molecule has 1 aromatic rings. The standard InChI is InChI=1S/C13H16O6/c1-13(2)12(18-6-10(15)16)11-8(14)4-7(17-3)5-9(11)19-13/h4-5,12,14H,6H2,1-3H3,(H,15,16). The number of fused-ring (bicyclic) bond motifs is 1. The Morgan fingerprint density at radius 2 is 2.16 bits per heavy atom. The summed E-state index contributed by atoms with van der Waals surface area (Å²) in [7, 11) is 1.49. The normalized spacial score (nSPS) is 19.6. The molecule has 0 radical (unpaired) electrons. The number of rotatable bonds is 4. The van der Waals surface area contributed by atoms with Gasteiger partial charge < -0.3 is 24.4 Å². The Labute approximate surface area is 110 Å². The van der Waals surface area contributed by atoms with E-state index in [-0.39, 0.29) is 5.75 Å². The third kappa shape index (κ3) is 2.44. The Balaban J connectivity index is 2.38. The highest BCUT2D eigenvalue weighted by Crippen LogP contribution is 2.50. The molecule has 1 aromatic carbocycles. The lowest BCUT2D eigenvalue weighted by atomic mass is 9.96. The van der Waals surface area contributed by atoms with Crippen LogP contribution < -0.4 is 9.47 Å². The first-order valence-corrected chi connectivity index (χ1v) is 5.78. The molecule has 2 N–H and O–H groups in total. The summed E-state index contributed by atoms with van der Waals surface area (Å²) in [4.78, 5) is 10.6. The molecule has 0 spiro atoms. The minimum absolute atomic E-state index is 0.0321. The summed E-state index contributed by atoms with van der Waals surface area (Å²) in [5, 5.41) is 18.7. The van der Waals surface area contributed by atoms with Crippen molar-refractivity contribution in [3.63, 3.8) is 0 Å². The van der Waals surface area contributed by atoms with E-state index in [1.807, 2.05) is 0 Å². The van der Waals surface area contributed by atoms with Crippen LogP contribution in [-0.2, 0) is 9.53 Å². The maximum Gasteiger partial charge on any atom is 0.329 e. The zero-order chi connectivity index (χ0) is 14.2. The third-order valence-corrected chi connectivity index (χ3v) is 2.97. The topological polar surface area (TPSA) is 85.2 Å². The van der Waals surface area contributed by atoms with Crippen LogP contribution in [0.5, 0.6) is 17.2 Å². The van der Waals surface area contributed by atoms with Crippen LogP contribution in [0.25, 0.3) is 0 Å². The zero-order valence-electron chi connectivity index (χ0n) is 11.0. The largest absolute Gasteiger partial charge is 0.507 e. The lowest BCUT2D eigenvalue weighted by molar-refractivity contribution is -0.148. The van der Waals surface area contributed by atoms with Crippen molar-refractivity contribution < 1.29 is 29.2 Å². The van der Waals surface area contributed by atoms with E-state index in [2.05, 4.69) is 0 Å². The Bertz CT molecular complexity index is 508. The number of carbonyl (C=O) groups is 1. The summed E-state index contributed by atoms with van der Waals surface area (Å²) in [5.41, 5.74) is -0.311. The summed E-state index contributed by atoms with van der Waals surface area (Å²) in [6, 6.07) is 3.08. The Kier molecular flexibility index (Phi) is 3.28. The van der Waals surface area contributed by atoms with Crippen molar-refractivity contribution in [3.05, 3.63) is 17.7 Å². The molecule has 1 heterocycles. The molecule has 0 saturated carbocycles. The number of aromatic hydroxyl groups is 1. The SMILES string of the molecule is COc1cc(O)c2c(c1)OC(C)(C)C2OCC(=O)O. The molecule has 0 bridgehead atoms. The van der Waals surface area contributed by atoms with Gasteiger partial charge >= 0.3 is 5.97 Å². The highest BCUT2D eigenvalue weighted by molar-refractivity contribution is 5.68. The number of carboxylic acids is 1. The predicted molar refractivity (Wildman–Crippen MR) is 65.7 cm³/mol. The number of ether oxygens (including phenoxy) is 3. The van der Waals surface area contributed by atoms with E-state index in [9.17, 15) is 9.90 Å². The van der Waals surface area contributed by atoms with Crippen LogP contribution in [0.3, 0.4) is 0 Å². The Morgan fingerprint density at radius 3 is 2.74 bits per heavy atom. The van der Waals surface area contributed by atoms with Gasteiger partial charge in [-0.3, -0.25) is 0 Å². The van der Waals surface area contributed by atoms with Gasteiger partial charge in [-0.1, -0.05) is 0 Å². The van der Waals surface area contributed by atoms with E-state index in [1.54, 1.807) is 19.9 Å². The molecule has 19 heavy (non-hydrogen) atoms. The van der Waals surface area contributed by atoms with Gasteiger partial charge in [0.25, 0.3) is 0 Å². The van der Waals surface area contributed by atoms with Crippen molar-refractivity contribution in [2.24, 2.45) is 0 Å². The maximum absolute atomic E-state index is 10.6. The minimum Gasteiger partial charge on any atom is -0.507 e.